The van der Waals surface area contributed by atoms with Crippen LogP contribution in [0.3, 0.4) is 0 Å². The van der Waals surface area contributed by atoms with E-state index in [1.807, 2.05) is 24.3 Å². The van der Waals surface area contributed by atoms with Crippen molar-refractivity contribution in [2.75, 3.05) is 13.1 Å². The summed E-state index contributed by atoms with van der Waals surface area (Å²) in [7, 11) is 0. The molecule has 1 aromatic carbocycles. The lowest BCUT2D eigenvalue weighted by Gasteiger charge is -2.15. The van der Waals surface area contributed by atoms with Crippen LogP contribution in [0.4, 0.5) is 0 Å². The Hall–Kier alpha value is -1.39. The zero-order chi connectivity index (χ0) is 13.8. The Kier molecular flexibility index (Phi) is 4.56. The number of unbranched alkanes of at least 4 members (excludes halogenated alkanes) is 1. The molecule has 1 aromatic rings. The molecule has 0 unspecified atom stereocenters. The molecule has 1 heterocycles. The summed E-state index contributed by atoms with van der Waals surface area (Å²) in [5.74, 6) is -0.127. The monoisotopic (exact) mass is 263 g/mol. The Balaban J connectivity index is 2.00. The van der Waals surface area contributed by atoms with E-state index < -0.39 is 12.2 Å². The van der Waals surface area contributed by atoms with Gasteiger partial charge in [0.2, 0.25) is 0 Å². The van der Waals surface area contributed by atoms with Crippen molar-refractivity contribution in [1.82, 2.24) is 4.90 Å². The summed E-state index contributed by atoms with van der Waals surface area (Å²) in [6.07, 6.45) is 1.69. The lowest BCUT2D eigenvalue weighted by Crippen LogP contribution is -2.29. The predicted octanol–water partition coefficient (Wildman–Crippen LogP) is 1.21. The summed E-state index contributed by atoms with van der Waals surface area (Å²) >= 11 is 0. The van der Waals surface area contributed by atoms with E-state index in [4.69, 9.17) is 0 Å². The Bertz CT molecular complexity index is 420. The number of hydrogen-bond acceptors (Lipinski definition) is 3. The maximum Gasteiger partial charge on any atom is 0.254 e. The summed E-state index contributed by atoms with van der Waals surface area (Å²) in [6.45, 7) is 2.57. The van der Waals surface area contributed by atoms with Crippen LogP contribution in [0.15, 0.2) is 24.3 Å². The fourth-order valence-corrected chi connectivity index (χ4v) is 2.31. The molecule has 4 nitrogen and oxygen atoms in total. The molecular weight excluding hydrogens is 242 g/mol. The average molecular weight is 263 g/mol. The van der Waals surface area contributed by atoms with Gasteiger partial charge in [0.25, 0.3) is 5.91 Å². The van der Waals surface area contributed by atoms with E-state index in [1.54, 1.807) is 0 Å². The van der Waals surface area contributed by atoms with Gasteiger partial charge >= 0.3 is 0 Å². The minimum absolute atomic E-state index is 0.127. The molecule has 2 rings (SSSR count). The summed E-state index contributed by atoms with van der Waals surface area (Å²) in [5, 5.41) is 18.9. The molecule has 0 spiro atoms. The summed E-state index contributed by atoms with van der Waals surface area (Å²) < 4.78 is 0. The largest absolute Gasteiger partial charge is 0.388 e. The molecule has 2 atom stereocenters. The molecule has 1 saturated heterocycles. The van der Waals surface area contributed by atoms with Crippen molar-refractivity contribution >= 4 is 5.91 Å². The molecular formula is C15H21NO3. The van der Waals surface area contributed by atoms with Gasteiger partial charge in [-0.1, -0.05) is 25.5 Å². The van der Waals surface area contributed by atoms with E-state index in [0.29, 0.717) is 5.56 Å². The Labute approximate surface area is 113 Å². The number of aliphatic hydroxyl groups excluding tert-OH is 2. The maximum absolute atomic E-state index is 12.2. The number of hydrogen-bond donors (Lipinski definition) is 2. The van der Waals surface area contributed by atoms with E-state index in [-0.39, 0.29) is 19.0 Å². The first-order valence-corrected chi connectivity index (χ1v) is 6.86. The van der Waals surface area contributed by atoms with Crippen LogP contribution in [0.2, 0.25) is 0 Å². The van der Waals surface area contributed by atoms with Crippen LogP contribution in [0.5, 0.6) is 0 Å². The molecule has 0 aliphatic carbocycles. The molecule has 1 aliphatic heterocycles. The lowest BCUT2D eigenvalue weighted by molar-refractivity contribution is 0.0572. The fraction of sp³-hybridized carbons (Fsp3) is 0.533. The first-order valence-electron chi connectivity index (χ1n) is 6.86. The minimum atomic E-state index is -0.826. The van der Waals surface area contributed by atoms with Gasteiger partial charge < -0.3 is 15.1 Å². The summed E-state index contributed by atoms with van der Waals surface area (Å²) in [5.41, 5.74) is 1.85. The third kappa shape index (κ3) is 3.33. The second-order valence-electron chi connectivity index (χ2n) is 5.15. The number of likely N-dealkylation sites (tertiary alicyclic amines) is 1. The van der Waals surface area contributed by atoms with E-state index in [2.05, 4.69) is 6.92 Å². The quantitative estimate of drug-likeness (QED) is 0.858. The number of rotatable bonds is 4. The molecule has 0 saturated carbocycles. The molecule has 0 bridgehead atoms. The smallest absolute Gasteiger partial charge is 0.254 e. The first kappa shape index (κ1) is 14.0. The van der Waals surface area contributed by atoms with Crippen molar-refractivity contribution in [3.8, 4) is 0 Å². The highest BCUT2D eigenvalue weighted by molar-refractivity contribution is 5.94. The predicted molar refractivity (Wildman–Crippen MR) is 73.0 cm³/mol. The molecule has 2 N–H and O–H groups in total. The lowest BCUT2D eigenvalue weighted by atomic mass is 10.1. The van der Waals surface area contributed by atoms with Crippen LogP contribution >= 0.6 is 0 Å². The number of nitrogens with zero attached hydrogens (tertiary/aromatic N) is 1. The standard InChI is InChI=1S/C15H21NO3/c1-2-3-4-11-5-7-12(8-6-11)15(19)16-9-13(17)14(18)10-16/h5-8,13-14,17-18H,2-4,9-10H2,1H3/t13-,14+. The molecule has 1 fully saturated rings. The van der Waals surface area contributed by atoms with Gasteiger partial charge in [-0.05, 0) is 30.5 Å². The zero-order valence-electron chi connectivity index (χ0n) is 11.2. The molecule has 0 radical (unpaired) electrons. The number of aliphatic hydroxyl groups is 2. The van der Waals surface area contributed by atoms with Gasteiger partial charge in [-0.2, -0.15) is 0 Å². The summed E-state index contributed by atoms with van der Waals surface area (Å²) in [4.78, 5) is 13.7. The molecule has 4 heteroatoms. The second kappa shape index (κ2) is 6.17. The highest BCUT2D eigenvalue weighted by Gasteiger charge is 2.32. The second-order valence-corrected chi connectivity index (χ2v) is 5.15. The Morgan fingerprint density at radius 2 is 1.79 bits per heavy atom. The minimum Gasteiger partial charge on any atom is -0.388 e. The van der Waals surface area contributed by atoms with Crippen LogP contribution in [0.1, 0.15) is 35.7 Å². The third-order valence-electron chi connectivity index (χ3n) is 3.57. The molecule has 1 amide bonds. The van der Waals surface area contributed by atoms with Crippen molar-refractivity contribution in [3.63, 3.8) is 0 Å². The van der Waals surface area contributed by atoms with Gasteiger partial charge in [0, 0.05) is 18.7 Å². The van der Waals surface area contributed by atoms with Gasteiger partial charge in [-0.25, -0.2) is 0 Å². The van der Waals surface area contributed by atoms with E-state index in [0.717, 1.165) is 19.3 Å². The number of β-amino-alcohol motifs (C(OH)–C–C–N with tert-alkyl or cyclic N) is 2. The van der Waals surface area contributed by atoms with Gasteiger partial charge in [0.1, 0.15) is 0 Å². The van der Waals surface area contributed by atoms with Crippen LogP contribution in [-0.4, -0.2) is 46.3 Å². The normalized spacial score (nSPS) is 22.8. The highest BCUT2D eigenvalue weighted by atomic mass is 16.3. The van der Waals surface area contributed by atoms with Crippen molar-refractivity contribution < 1.29 is 15.0 Å². The number of carbonyl (C=O) groups excluding carboxylic acids is 1. The van der Waals surface area contributed by atoms with Crippen LogP contribution < -0.4 is 0 Å². The van der Waals surface area contributed by atoms with Crippen LogP contribution in [0.25, 0.3) is 0 Å². The van der Waals surface area contributed by atoms with Gasteiger partial charge in [-0.3, -0.25) is 4.79 Å². The highest BCUT2D eigenvalue weighted by Crippen LogP contribution is 2.15. The number of benzene rings is 1. The zero-order valence-corrected chi connectivity index (χ0v) is 11.2. The topological polar surface area (TPSA) is 60.8 Å². The van der Waals surface area contributed by atoms with Crippen LogP contribution in [-0.2, 0) is 6.42 Å². The van der Waals surface area contributed by atoms with E-state index in [9.17, 15) is 15.0 Å². The molecule has 104 valence electrons. The van der Waals surface area contributed by atoms with Crippen LogP contribution in [0, 0.1) is 0 Å². The van der Waals surface area contributed by atoms with Crippen molar-refractivity contribution in [2.45, 2.75) is 38.4 Å². The van der Waals surface area contributed by atoms with Crippen molar-refractivity contribution in [3.05, 3.63) is 35.4 Å². The van der Waals surface area contributed by atoms with Gasteiger partial charge in [0.05, 0.1) is 12.2 Å². The van der Waals surface area contributed by atoms with Gasteiger partial charge in [-0.15, -0.1) is 0 Å². The summed E-state index contributed by atoms with van der Waals surface area (Å²) in [6, 6.07) is 7.60. The van der Waals surface area contributed by atoms with E-state index in [1.165, 1.54) is 10.5 Å². The number of aryl methyl sites for hydroxylation is 1. The Morgan fingerprint density at radius 3 is 2.32 bits per heavy atom. The first-order chi connectivity index (χ1) is 9.11. The molecule has 19 heavy (non-hydrogen) atoms. The fourth-order valence-electron chi connectivity index (χ4n) is 2.31. The van der Waals surface area contributed by atoms with Crippen molar-refractivity contribution in [2.24, 2.45) is 0 Å². The van der Waals surface area contributed by atoms with Crippen molar-refractivity contribution in [1.29, 1.82) is 0 Å². The SMILES string of the molecule is CCCCc1ccc(C(=O)N2C[C@@H](O)[C@@H](O)C2)cc1. The average Bonchev–Trinajstić information content (AvgIpc) is 2.76. The van der Waals surface area contributed by atoms with E-state index >= 15 is 0 Å². The molecule has 1 aliphatic rings. The number of amides is 1. The van der Waals surface area contributed by atoms with Gasteiger partial charge in [0.15, 0.2) is 0 Å². The molecule has 0 aromatic heterocycles. The number of carbonyl (C=O) groups is 1. The third-order valence-corrected chi connectivity index (χ3v) is 3.57. The Morgan fingerprint density at radius 1 is 1.21 bits per heavy atom. The maximum atomic E-state index is 12.2.